The first kappa shape index (κ1) is 14.9. The predicted octanol–water partition coefficient (Wildman–Crippen LogP) is 4.44. The summed E-state index contributed by atoms with van der Waals surface area (Å²) >= 11 is 0. The number of carbonyl (C=O) groups excluding carboxylic acids is 1. The second-order valence-electron chi connectivity index (χ2n) is 5.04. The minimum Gasteiger partial charge on any atom is -0.289 e. The highest BCUT2D eigenvalue weighted by atomic mass is 19.1. The van der Waals surface area contributed by atoms with E-state index in [4.69, 9.17) is 0 Å². The molecule has 0 saturated heterocycles. The zero-order valence-corrected chi connectivity index (χ0v) is 12.6. The Hall–Kier alpha value is -3.01. The molecular weight excluding hydrogens is 291 g/mol. The number of benzene rings is 2. The van der Waals surface area contributed by atoms with Crippen LogP contribution in [-0.4, -0.2) is 15.6 Å². The zero-order chi connectivity index (χ0) is 16.2. The van der Waals surface area contributed by atoms with Crippen LogP contribution in [0.3, 0.4) is 0 Å². The molecule has 0 N–H and O–H groups in total. The lowest BCUT2D eigenvalue weighted by atomic mass is 10.1. The Bertz CT molecular complexity index is 849. The number of aromatic nitrogens is 2. The van der Waals surface area contributed by atoms with E-state index >= 15 is 0 Å². The second kappa shape index (κ2) is 6.40. The van der Waals surface area contributed by atoms with Crippen molar-refractivity contribution in [1.82, 2.24) is 9.78 Å². The molecule has 0 unspecified atom stereocenters. The molecule has 114 valence electrons. The Labute approximate surface area is 133 Å². The van der Waals surface area contributed by atoms with Gasteiger partial charge in [-0.25, -0.2) is 9.07 Å². The predicted molar refractivity (Wildman–Crippen MR) is 88.1 cm³/mol. The van der Waals surface area contributed by atoms with E-state index in [1.165, 1.54) is 18.2 Å². The van der Waals surface area contributed by atoms with E-state index < -0.39 is 0 Å². The van der Waals surface area contributed by atoms with Crippen molar-refractivity contribution in [3.05, 3.63) is 84.3 Å². The molecule has 0 atom stereocenters. The van der Waals surface area contributed by atoms with Crippen LogP contribution in [0.4, 0.5) is 4.39 Å². The van der Waals surface area contributed by atoms with Gasteiger partial charge in [-0.05, 0) is 49.4 Å². The van der Waals surface area contributed by atoms with E-state index in [2.05, 4.69) is 5.10 Å². The minimum absolute atomic E-state index is 0.131. The lowest BCUT2D eigenvalue weighted by Crippen LogP contribution is -1.95. The summed E-state index contributed by atoms with van der Waals surface area (Å²) in [6, 6.07) is 15.5. The number of nitrogens with zero attached hydrogens (tertiary/aromatic N) is 2. The smallest absolute Gasteiger partial charge is 0.189 e. The molecule has 2 aromatic carbocycles. The van der Waals surface area contributed by atoms with Crippen LogP contribution in [0.1, 0.15) is 17.3 Å². The van der Waals surface area contributed by atoms with Gasteiger partial charge in [0, 0.05) is 11.8 Å². The summed E-state index contributed by atoms with van der Waals surface area (Å²) < 4.78 is 14.8. The van der Waals surface area contributed by atoms with Crippen molar-refractivity contribution in [2.75, 3.05) is 0 Å². The molecule has 3 nitrogen and oxygen atoms in total. The number of halogens is 1. The van der Waals surface area contributed by atoms with Gasteiger partial charge in [0.2, 0.25) is 0 Å². The molecule has 0 aliphatic carbocycles. The molecule has 0 fully saturated rings. The highest BCUT2D eigenvalue weighted by Crippen LogP contribution is 2.24. The summed E-state index contributed by atoms with van der Waals surface area (Å²) in [5.74, 6) is -0.452. The van der Waals surface area contributed by atoms with Gasteiger partial charge in [0.15, 0.2) is 5.78 Å². The quantitative estimate of drug-likeness (QED) is 0.527. The number of hydrogen-bond donors (Lipinski definition) is 0. The van der Waals surface area contributed by atoms with Gasteiger partial charge in [-0.2, -0.15) is 5.10 Å². The molecule has 23 heavy (non-hydrogen) atoms. The van der Waals surface area contributed by atoms with E-state index in [1.54, 1.807) is 36.0 Å². The van der Waals surface area contributed by atoms with E-state index in [-0.39, 0.29) is 11.6 Å². The standard InChI is InChI=1S/C19H15FN2O/c1-2-6-18(23)17-13-22(16-7-4-3-5-8-16)21-19(17)14-9-11-15(20)12-10-14/h2-13H,1H3/b6-2+. The van der Waals surface area contributed by atoms with Crippen LogP contribution in [0.15, 0.2) is 72.9 Å². The van der Waals surface area contributed by atoms with Crippen molar-refractivity contribution in [3.63, 3.8) is 0 Å². The van der Waals surface area contributed by atoms with Crippen molar-refractivity contribution in [3.8, 4) is 16.9 Å². The number of rotatable bonds is 4. The van der Waals surface area contributed by atoms with Crippen LogP contribution in [0, 0.1) is 5.82 Å². The molecule has 0 spiro atoms. The zero-order valence-electron chi connectivity index (χ0n) is 12.6. The second-order valence-corrected chi connectivity index (χ2v) is 5.04. The number of ketones is 1. The third-order valence-corrected chi connectivity index (χ3v) is 3.44. The maximum atomic E-state index is 13.1. The molecular formula is C19H15FN2O. The molecule has 4 heteroatoms. The summed E-state index contributed by atoms with van der Waals surface area (Å²) in [5, 5.41) is 4.52. The monoisotopic (exact) mass is 306 g/mol. The third-order valence-electron chi connectivity index (χ3n) is 3.44. The van der Waals surface area contributed by atoms with E-state index in [1.807, 2.05) is 30.3 Å². The topological polar surface area (TPSA) is 34.9 Å². The van der Waals surface area contributed by atoms with Gasteiger partial charge >= 0.3 is 0 Å². The molecule has 0 saturated carbocycles. The van der Waals surface area contributed by atoms with E-state index in [0.717, 1.165) is 5.69 Å². The lowest BCUT2D eigenvalue weighted by molar-refractivity contribution is 0.104. The van der Waals surface area contributed by atoms with Crippen LogP contribution >= 0.6 is 0 Å². The van der Waals surface area contributed by atoms with Gasteiger partial charge in [-0.1, -0.05) is 24.3 Å². The maximum Gasteiger partial charge on any atom is 0.189 e. The first-order valence-corrected chi connectivity index (χ1v) is 7.27. The van der Waals surface area contributed by atoms with Gasteiger partial charge in [-0.15, -0.1) is 0 Å². The van der Waals surface area contributed by atoms with Gasteiger partial charge in [0.1, 0.15) is 11.5 Å². The van der Waals surface area contributed by atoms with Crippen molar-refractivity contribution in [1.29, 1.82) is 0 Å². The molecule has 0 aliphatic rings. The minimum atomic E-state index is -0.322. The van der Waals surface area contributed by atoms with Gasteiger partial charge < -0.3 is 0 Å². The SMILES string of the molecule is C/C=C/C(=O)c1cn(-c2ccccc2)nc1-c1ccc(F)cc1. The van der Waals surface area contributed by atoms with E-state index in [9.17, 15) is 9.18 Å². The Balaban J connectivity index is 2.14. The maximum absolute atomic E-state index is 13.1. The third kappa shape index (κ3) is 3.11. The fourth-order valence-electron chi connectivity index (χ4n) is 2.33. The molecule has 0 amide bonds. The first-order chi connectivity index (χ1) is 11.2. The largest absolute Gasteiger partial charge is 0.289 e. The van der Waals surface area contributed by atoms with Crippen molar-refractivity contribution in [2.24, 2.45) is 0 Å². The summed E-state index contributed by atoms with van der Waals surface area (Å²) in [6.45, 7) is 1.79. The van der Waals surface area contributed by atoms with Gasteiger partial charge in [-0.3, -0.25) is 4.79 Å². The van der Waals surface area contributed by atoms with E-state index in [0.29, 0.717) is 16.8 Å². The van der Waals surface area contributed by atoms with Gasteiger partial charge in [0.25, 0.3) is 0 Å². The lowest BCUT2D eigenvalue weighted by Gasteiger charge is -2.00. The Morgan fingerprint density at radius 1 is 1.09 bits per heavy atom. The van der Waals surface area contributed by atoms with Crippen molar-refractivity contribution in [2.45, 2.75) is 6.92 Å². The summed E-state index contributed by atoms with van der Waals surface area (Å²) in [5.41, 5.74) is 2.58. The number of carbonyl (C=O) groups is 1. The highest BCUT2D eigenvalue weighted by Gasteiger charge is 2.16. The average molecular weight is 306 g/mol. The average Bonchev–Trinajstić information content (AvgIpc) is 3.02. The Morgan fingerprint density at radius 3 is 2.43 bits per heavy atom. The van der Waals surface area contributed by atoms with Crippen LogP contribution in [0.5, 0.6) is 0 Å². The van der Waals surface area contributed by atoms with Crippen molar-refractivity contribution >= 4 is 5.78 Å². The first-order valence-electron chi connectivity index (χ1n) is 7.27. The number of hydrogen-bond acceptors (Lipinski definition) is 2. The molecule has 3 rings (SSSR count). The molecule has 3 aromatic rings. The normalized spacial score (nSPS) is 11.0. The Morgan fingerprint density at radius 2 is 1.78 bits per heavy atom. The molecule has 1 heterocycles. The number of para-hydroxylation sites is 1. The fraction of sp³-hybridized carbons (Fsp3) is 0.0526. The Kier molecular flexibility index (Phi) is 4.15. The van der Waals surface area contributed by atoms with Crippen LogP contribution in [0.25, 0.3) is 16.9 Å². The summed E-state index contributed by atoms with van der Waals surface area (Å²) in [6.07, 6.45) is 4.90. The fourth-order valence-corrected chi connectivity index (χ4v) is 2.33. The highest BCUT2D eigenvalue weighted by molar-refractivity contribution is 6.08. The van der Waals surface area contributed by atoms with Crippen LogP contribution in [-0.2, 0) is 0 Å². The molecule has 0 bridgehead atoms. The van der Waals surface area contributed by atoms with Crippen LogP contribution in [0.2, 0.25) is 0 Å². The number of allylic oxidation sites excluding steroid dienone is 2. The molecule has 0 aliphatic heterocycles. The summed E-state index contributed by atoms with van der Waals surface area (Å²) in [4.78, 5) is 12.3. The molecule has 0 radical (unpaired) electrons. The molecule has 1 aromatic heterocycles. The summed E-state index contributed by atoms with van der Waals surface area (Å²) in [7, 11) is 0. The van der Waals surface area contributed by atoms with Crippen LogP contribution < -0.4 is 0 Å². The van der Waals surface area contributed by atoms with Crippen molar-refractivity contribution < 1.29 is 9.18 Å². The van der Waals surface area contributed by atoms with Gasteiger partial charge in [0.05, 0.1) is 11.3 Å².